The summed E-state index contributed by atoms with van der Waals surface area (Å²) in [7, 11) is 0. The molecule has 3 aliphatic carbocycles. The zero-order valence-electron chi connectivity index (χ0n) is 13.8. The zero-order valence-corrected chi connectivity index (χ0v) is 13.8. The Bertz CT molecular complexity index is 529. The normalized spacial score (nSPS) is 37.7. The first kappa shape index (κ1) is 13.9. The first-order valence-corrected chi connectivity index (χ1v) is 9.33. The number of benzene rings is 1. The summed E-state index contributed by atoms with van der Waals surface area (Å²) in [5.41, 5.74) is 5.71. The molecule has 3 aliphatic rings. The van der Waals surface area contributed by atoms with Crippen molar-refractivity contribution in [3.05, 3.63) is 34.9 Å². The molecule has 0 heterocycles. The van der Waals surface area contributed by atoms with E-state index in [9.17, 15) is 0 Å². The first-order chi connectivity index (χ1) is 10.2. The Morgan fingerprint density at radius 3 is 2.90 bits per heavy atom. The average Bonchev–Trinajstić information content (AvgIpc) is 2.89. The van der Waals surface area contributed by atoms with Gasteiger partial charge in [0.05, 0.1) is 0 Å². The van der Waals surface area contributed by atoms with Crippen LogP contribution in [0.5, 0.6) is 0 Å². The van der Waals surface area contributed by atoms with Gasteiger partial charge in [0.15, 0.2) is 0 Å². The molecule has 0 amide bonds. The van der Waals surface area contributed by atoms with E-state index in [1.165, 1.54) is 57.8 Å². The van der Waals surface area contributed by atoms with Crippen LogP contribution in [-0.2, 0) is 12.8 Å². The summed E-state index contributed by atoms with van der Waals surface area (Å²) < 4.78 is 0. The standard InChI is InChI=1S/C21H30/c1-3-5-15-7-8-16-9-10-18-17(19(16)14-15)11-13-21(2)12-4-6-20(18)21/h7-8,14,17-18,20H,3-6,9-13H2,1-2H3/t17-,18+,20-,21-/m0/s1. The molecule has 1 aromatic carbocycles. The van der Waals surface area contributed by atoms with Crippen molar-refractivity contribution in [1.82, 2.24) is 0 Å². The first-order valence-electron chi connectivity index (χ1n) is 9.33. The van der Waals surface area contributed by atoms with Gasteiger partial charge in [-0.1, -0.05) is 44.9 Å². The van der Waals surface area contributed by atoms with Gasteiger partial charge >= 0.3 is 0 Å². The van der Waals surface area contributed by atoms with Crippen LogP contribution in [-0.4, -0.2) is 0 Å². The number of hydrogen-bond donors (Lipinski definition) is 0. The second-order valence-electron chi connectivity index (χ2n) is 8.28. The van der Waals surface area contributed by atoms with Gasteiger partial charge < -0.3 is 0 Å². The number of hydrogen-bond acceptors (Lipinski definition) is 0. The van der Waals surface area contributed by atoms with E-state index in [0.717, 1.165) is 17.8 Å². The molecule has 0 N–H and O–H groups in total. The van der Waals surface area contributed by atoms with Crippen molar-refractivity contribution < 1.29 is 0 Å². The van der Waals surface area contributed by atoms with Crippen molar-refractivity contribution in [3.63, 3.8) is 0 Å². The molecule has 0 bridgehead atoms. The van der Waals surface area contributed by atoms with Crippen molar-refractivity contribution in [2.45, 2.75) is 77.6 Å². The highest BCUT2D eigenvalue weighted by Gasteiger charge is 2.50. The summed E-state index contributed by atoms with van der Waals surface area (Å²) in [6, 6.07) is 7.44. The Hall–Kier alpha value is -0.780. The Morgan fingerprint density at radius 2 is 2.05 bits per heavy atom. The molecule has 0 unspecified atom stereocenters. The van der Waals surface area contributed by atoms with Crippen LogP contribution >= 0.6 is 0 Å². The second-order valence-corrected chi connectivity index (χ2v) is 8.28. The maximum Gasteiger partial charge on any atom is -0.0128 e. The highest BCUT2D eigenvalue weighted by Crippen LogP contribution is 2.60. The van der Waals surface area contributed by atoms with E-state index in [-0.39, 0.29) is 0 Å². The SMILES string of the molecule is CCCc1ccc2c(c1)[C@H]1CC[C@]3(C)CCC[C@H]3[C@@H]1CC2. The molecule has 2 fully saturated rings. The molecule has 0 aromatic heterocycles. The van der Waals surface area contributed by atoms with Gasteiger partial charge in [0.2, 0.25) is 0 Å². The van der Waals surface area contributed by atoms with Gasteiger partial charge in [-0.15, -0.1) is 0 Å². The maximum absolute atomic E-state index is 2.60. The molecular formula is C21H30. The Labute approximate surface area is 130 Å². The fraction of sp³-hybridized carbons (Fsp3) is 0.714. The fourth-order valence-electron chi connectivity index (χ4n) is 6.05. The summed E-state index contributed by atoms with van der Waals surface area (Å²) in [6.45, 7) is 4.90. The molecular weight excluding hydrogens is 252 g/mol. The van der Waals surface area contributed by atoms with Crippen LogP contribution in [0.4, 0.5) is 0 Å². The van der Waals surface area contributed by atoms with Crippen LogP contribution < -0.4 is 0 Å². The molecule has 1 aromatic rings. The van der Waals surface area contributed by atoms with Gasteiger partial charge in [0.1, 0.15) is 0 Å². The quantitative estimate of drug-likeness (QED) is 0.635. The average molecular weight is 282 g/mol. The van der Waals surface area contributed by atoms with Gasteiger partial charge in [-0.3, -0.25) is 0 Å². The summed E-state index contributed by atoms with van der Waals surface area (Å²) >= 11 is 0. The molecule has 4 rings (SSSR count). The molecule has 2 saturated carbocycles. The third-order valence-electron chi connectivity index (χ3n) is 7.11. The predicted molar refractivity (Wildman–Crippen MR) is 89.7 cm³/mol. The molecule has 0 spiro atoms. The van der Waals surface area contributed by atoms with Crippen molar-refractivity contribution in [3.8, 4) is 0 Å². The van der Waals surface area contributed by atoms with Gasteiger partial charge in [0.25, 0.3) is 0 Å². The van der Waals surface area contributed by atoms with E-state index in [4.69, 9.17) is 0 Å². The molecule has 0 aliphatic heterocycles. The van der Waals surface area contributed by atoms with E-state index < -0.39 is 0 Å². The fourth-order valence-corrected chi connectivity index (χ4v) is 6.05. The van der Waals surface area contributed by atoms with Crippen LogP contribution in [0.2, 0.25) is 0 Å². The minimum absolute atomic E-state index is 0.694. The topological polar surface area (TPSA) is 0 Å². The molecule has 21 heavy (non-hydrogen) atoms. The smallest absolute Gasteiger partial charge is 0.0128 e. The largest absolute Gasteiger partial charge is 0.0651 e. The lowest BCUT2D eigenvalue weighted by molar-refractivity contribution is 0.0598. The number of rotatable bonds is 2. The third kappa shape index (κ3) is 2.17. The lowest BCUT2D eigenvalue weighted by Gasteiger charge is -2.49. The lowest BCUT2D eigenvalue weighted by Crippen LogP contribution is -2.39. The lowest BCUT2D eigenvalue weighted by atomic mass is 9.56. The van der Waals surface area contributed by atoms with E-state index >= 15 is 0 Å². The summed E-state index contributed by atoms with van der Waals surface area (Å²) in [5.74, 6) is 2.91. The monoisotopic (exact) mass is 282 g/mol. The third-order valence-corrected chi connectivity index (χ3v) is 7.11. The molecule has 0 radical (unpaired) electrons. The zero-order chi connectivity index (χ0) is 14.4. The van der Waals surface area contributed by atoms with E-state index in [0.29, 0.717) is 5.41 Å². The van der Waals surface area contributed by atoms with Crippen molar-refractivity contribution in [2.75, 3.05) is 0 Å². The molecule has 114 valence electrons. The van der Waals surface area contributed by atoms with Crippen LogP contribution in [0, 0.1) is 17.3 Å². The summed E-state index contributed by atoms with van der Waals surface area (Å²) in [6.07, 6.45) is 12.8. The predicted octanol–water partition coefficient (Wildman–Crippen LogP) is 5.89. The van der Waals surface area contributed by atoms with Crippen LogP contribution in [0.1, 0.15) is 81.4 Å². The van der Waals surface area contributed by atoms with E-state index in [1.54, 1.807) is 16.7 Å². The van der Waals surface area contributed by atoms with Crippen molar-refractivity contribution in [1.29, 1.82) is 0 Å². The number of fused-ring (bicyclic) bond motifs is 5. The number of aryl methyl sites for hydroxylation is 2. The molecule has 0 nitrogen and oxygen atoms in total. The van der Waals surface area contributed by atoms with Crippen molar-refractivity contribution in [2.24, 2.45) is 17.3 Å². The van der Waals surface area contributed by atoms with E-state index in [1.807, 2.05) is 0 Å². The second kappa shape index (κ2) is 5.14. The van der Waals surface area contributed by atoms with Gasteiger partial charge in [0, 0.05) is 0 Å². The minimum atomic E-state index is 0.694. The van der Waals surface area contributed by atoms with Crippen LogP contribution in [0.25, 0.3) is 0 Å². The van der Waals surface area contributed by atoms with Crippen LogP contribution in [0.3, 0.4) is 0 Å². The Balaban J connectivity index is 1.68. The van der Waals surface area contributed by atoms with Gasteiger partial charge in [-0.05, 0) is 84.8 Å². The highest BCUT2D eigenvalue weighted by molar-refractivity contribution is 5.38. The Morgan fingerprint density at radius 1 is 1.14 bits per heavy atom. The summed E-state index contributed by atoms with van der Waals surface area (Å²) in [4.78, 5) is 0. The molecule has 0 saturated heterocycles. The minimum Gasteiger partial charge on any atom is -0.0651 e. The molecule has 0 heteroatoms. The molecule has 4 atom stereocenters. The maximum atomic E-state index is 2.60. The van der Waals surface area contributed by atoms with E-state index in [2.05, 4.69) is 32.0 Å². The summed E-state index contributed by atoms with van der Waals surface area (Å²) in [5, 5.41) is 0. The van der Waals surface area contributed by atoms with Gasteiger partial charge in [-0.25, -0.2) is 0 Å². The Kier molecular flexibility index (Phi) is 3.39. The van der Waals surface area contributed by atoms with Gasteiger partial charge in [-0.2, -0.15) is 0 Å². The highest BCUT2D eigenvalue weighted by atomic mass is 14.5. The van der Waals surface area contributed by atoms with Crippen LogP contribution in [0.15, 0.2) is 18.2 Å². The van der Waals surface area contributed by atoms with Crippen molar-refractivity contribution >= 4 is 0 Å².